The van der Waals surface area contributed by atoms with Crippen LogP contribution >= 0.6 is 0 Å². The fraction of sp³-hybridized carbons (Fsp3) is 0.857. The minimum atomic E-state index is -1.12. The van der Waals surface area contributed by atoms with Gasteiger partial charge in [-0.3, -0.25) is 4.79 Å². The van der Waals surface area contributed by atoms with Gasteiger partial charge in [-0.05, 0) is 6.42 Å². The van der Waals surface area contributed by atoms with Crippen molar-refractivity contribution in [2.24, 2.45) is 5.73 Å². The van der Waals surface area contributed by atoms with Gasteiger partial charge in [-0.1, -0.05) is 6.92 Å². The molecule has 0 aliphatic rings. The highest BCUT2D eigenvalue weighted by Gasteiger charge is 2.20. The van der Waals surface area contributed by atoms with Gasteiger partial charge in [0.2, 0.25) is 0 Å². The predicted molar refractivity (Wildman–Crippen MR) is 41.0 cm³/mol. The van der Waals surface area contributed by atoms with E-state index >= 15 is 0 Å². The minimum Gasteiger partial charge on any atom is -0.396 e. The molecule has 0 radical (unpaired) electrons. The molecule has 4 heteroatoms. The molecule has 0 aromatic rings. The second-order valence-electron chi connectivity index (χ2n) is 2.44. The van der Waals surface area contributed by atoms with Crippen LogP contribution in [0.2, 0.25) is 0 Å². The third-order valence-electron chi connectivity index (χ3n) is 1.55. The van der Waals surface area contributed by atoms with Crippen molar-refractivity contribution in [3.05, 3.63) is 0 Å². The van der Waals surface area contributed by atoms with Crippen molar-refractivity contribution >= 4 is 5.78 Å². The molecule has 0 saturated carbocycles. The molecule has 0 aromatic heterocycles. The summed E-state index contributed by atoms with van der Waals surface area (Å²) in [4.78, 5) is 10.8. The van der Waals surface area contributed by atoms with E-state index in [2.05, 4.69) is 0 Å². The number of aliphatic hydroxyl groups excluding tert-OH is 2. The van der Waals surface area contributed by atoms with E-state index in [1.54, 1.807) is 6.92 Å². The summed E-state index contributed by atoms with van der Waals surface area (Å²) in [5.41, 5.74) is 5.37. The molecular formula is C7H15NO3. The van der Waals surface area contributed by atoms with Crippen molar-refractivity contribution in [3.8, 4) is 0 Å². The SMILES string of the molecule is CCC(=O)[C@@H](O)C(N)CCO. The molecule has 0 amide bonds. The van der Waals surface area contributed by atoms with E-state index in [9.17, 15) is 4.79 Å². The van der Waals surface area contributed by atoms with E-state index in [4.69, 9.17) is 15.9 Å². The van der Waals surface area contributed by atoms with Gasteiger partial charge in [0.05, 0.1) is 0 Å². The lowest BCUT2D eigenvalue weighted by atomic mass is 10.0. The second kappa shape index (κ2) is 5.23. The van der Waals surface area contributed by atoms with Crippen molar-refractivity contribution in [1.82, 2.24) is 0 Å². The number of carbonyl (C=O) groups excluding carboxylic acids is 1. The van der Waals surface area contributed by atoms with E-state index in [1.807, 2.05) is 0 Å². The highest BCUT2D eigenvalue weighted by atomic mass is 16.3. The number of hydrogen-bond donors (Lipinski definition) is 3. The van der Waals surface area contributed by atoms with Crippen LogP contribution in [0.5, 0.6) is 0 Å². The van der Waals surface area contributed by atoms with Crippen LogP contribution in [0.25, 0.3) is 0 Å². The number of ketones is 1. The van der Waals surface area contributed by atoms with Crippen LogP contribution < -0.4 is 5.73 Å². The molecule has 0 saturated heterocycles. The molecule has 0 bridgehead atoms. The maximum atomic E-state index is 10.8. The van der Waals surface area contributed by atoms with Crippen LogP contribution in [0.1, 0.15) is 19.8 Å². The zero-order valence-corrected chi connectivity index (χ0v) is 6.66. The lowest BCUT2D eigenvalue weighted by molar-refractivity contribution is -0.127. The second-order valence-corrected chi connectivity index (χ2v) is 2.44. The molecule has 4 nitrogen and oxygen atoms in total. The molecule has 0 aliphatic carbocycles. The first-order valence-corrected chi connectivity index (χ1v) is 3.70. The van der Waals surface area contributed by atoms with Gasteiger partial charge < -0.3 is 15.9 Å². The molecular weight excluding hydrogens is 146 g/mol. The van der Waals surface area contributed by atoms with Gasteiger partial charge in [0.15, 0.2) is 5.78 Å². The summed E-state index contributed by atoms with van der Waals surface area (Å²) in [5.74, 6) is -0.272. The molecule has 4 N–H and O–H groups in total. The molecule has 0 fully saturated rings. The average molecular weight is 161 g/mol. The Hall–Kier alpha value is -0.450. The number of Topliss-reactive ketones (excluding diaryl/α,β-unsaturated/α-hetero) is 1. The Balaban J connectivity index is 3.80. The largest absolute Gasteiger partial charge is 0.396 e. The Labute approximate surface area is 66.0 Å². The Morgan fingerprint density at radius 2 is 2.18 bits per heavy atom. The first kappa shape index (κ1) is 10.6. The summed E-state index contributed by atoms with van der Waals surface area (Å²) in [7, 11) is 0. The summed E-state index contributed by atoms with van der Waals surface area (Å²) in [6.07, 6.45) is -0.583. The number of nitrogens with two attached hydrogens (primary N) is 1. The molecule has 11 heavy (non-hydrogen) atoms. The Morgan fingerprint density at radius 1 is 1.64 bits per heavy atom. The van der Waals surface area contributed by atoms with Crippen LogP contribution in [0.4, 0.5) is 0 Å². The van der Waals surface area contributed by atoms with Gasteiger partial charge in [0.25, 0.3) is 0 Å². The maximum Gasteiger partial charge on any atom is 0.162 e. The number of carbonyl (C=O) groups is 1. The molecule has 0 spiro atoms. The molecule has 66 valence electrons. The van der Waals surface area contributed by atoms with Crippen molar-refractivity contribution < 1.29 is 15.0 Å². The zero-order valence-electron chi connectivity index (χ0n) is 6.66. The molecule has 0 heterocycles. The smallest absolute Gasteiger partial charge is 0.162 e. The first-order valence-electron chi connectivity index (χ1n) is 3.70. The molecule has 0 aromatic carbocycles. The topological polar surface area (TPSA) is 83.5 Å². The average Bonchev–Trinajstić information content (AvgIpc) is 2.02. The normalized spacial score (nSPS) is 16.0. The Bertz CT molecular complexity index is 127. The highest BCUT2D eigenvalue weighted by Crippen LogP contribution is 1.99. The van der Waals surface area contributed by atoms with Gasteiger partial charge in [-0.15, -0.1) is 0 Å². The van der Waals surface area contributed by atoms with Crippen molar-refractivity contribution in [2.45, 2.75) is 31.9 Å². The van der Waals surface area contributed by atoms with E-state index in [0.29, 0.717) is 0 Å². The molecule has 0 aliphatic heterocycles. The summed E-state index contributed by atoms with van der Waals surface area (Å²) in [6.45, 7) is 1.56. The lowest BCUT2D eigenvalue weighted by Crippen LogP contribution is -2.40. The lowest BCUT2D eigenvalue weighted by Gasteiger charge is -2.15. The Morgan fingerprint density at radius 3 is 2.55 bits per heavy atom. The zero-order chi connectivity index (χ0) is 8.85. The third kappa shape index (κ3) is 3.46. The van der Waals surface area contributed by atoms with Gasteiger partial charge in [0, 0.05) is 19.1 Å². The van der Waals surface area contributed by atoms with Crippen molar-refractivity contribution in [2.75, 3.05) is 6.61 Å². The number of rotatable bonds is 5. The van der Waals surface area contributed by atoms with Gasteiger partial charge >= 0.3 is 0 Å². The third-order valence-corrected chi connectivity index (χ3v) is 1.55. The van der Waals surface area contributed by atoms with E-state index in [1.165, 1.54) is 0 Å². The monoisotopic (exact) mass is 161 g/mol. The molecule has 0 rings (SSSR count). The van der Waals surface area contributed by atoms with Gasteiger partial charge in [-0.25, -0.2) is 0 Å². The molecule has 1 unspecified atom stereocenters. The molecule has 2 atom stereocenters. The van der Waals surface area contributed by atoms with Crippen LogP contribution in [0, 0.1) is 0 Å². The van der Waals surface area contributed by atoms with Gasteiger partial charge in [0.1, 0.15) is 6.10 Å². The van der Waals surface area contributed by atoms with E-state index < -0.39 is 12.1 Å². The fourth-order valence-electron chi connectivity index (χ4n) is 0.755. The van der Waals surface area contributed by atoms with Crippen molar-refractivity contribution in [1.29, 1.82) is 0 Å². The van der Waals surface area contributed by atoms with Crippen LogP contribution in [0.15, 0.2) is 0 Å². The van der Waals surface area contributed by atoms with E-state index in [-0.39, 0.29) is 25.2 Å². The van der Waals surface area contributed by atoms with Crippen LogP contribution in [-0.2, 0) is 4.79 Å². The first-order chi connectivity index (χ1) is 5.13. The predicted octanol–water partition coefficient (Wildman–Crippen LogP) is -0.964. The van der Waals surface area contributed by atoms with Crippen LogP contribution in [-0.4, -0.2) is 34.7 Å². The van der Waals surface area contributed by atoms with Crippen LogP contribution in [0.3, 0.4) is 0 Å². The number of hydrogen-bond acceptors (Lipinski definition) is 4. The summed E-state index contributed by atoms with van der Waals surface area (Å²) in [5, 5.41) is 17.6. The highest BCUT2D eigenvalue weighted by molar-refractivity contribution is 5.83. The maximum absolute atomic E-state index is 10.8. The summed E-state index contributed by atoms with van der Waals surface area (Å²) in [6, 6.07) is -0.632. The standard InChI is InChI=1S/C7H15NO3/c1-2-6(10)7(11)5(8)3-4-9/h5,7,9,11H,2-4,8H2,1H3/t5?,7-/m0/s1. The van der Waals surface area contributed by atoms with Gasteiger partial charge in [-0.2, -0.15) is 0 Å². The minimum absolute atomic E-state index is 0.102. The fourth-order valence-corrected chi connectivity index (χ4v) is 0.755. The van der Waals surface area contributed by atoms with Crippen molar-refractivity contribution in [3.63, 3.8) is 0 Å². The Kier molecular flexibility index (Phi) is 5.02. The quantitative estimate of drug-likeness (QED) is 0.484. The van der Waals surface area contributed by atoms with E-state index in [0.717, 1.165) is 0 Å². The summed E-state index contributed by atoms with van der Waals surface area (Å²) < 4.78 is 0. The summed E-state index contributed by atoms with van der Waals surface area (Å²) >= 11 is 0. The number of aliphatic hydroxyl groups is 2.